The Morgan fingerprint density at radius 1 is 1.47 bits per heavy atom. The van der Waals surface area contributed by atoms with Crippen LogP contribution in [0, 0.1) is 5.92 Å². The van der Waals surface area contributed by atoms with Crippen molar-refractivity contribution in [2.75, 3.05) is 19.8 Å². The summed E-state index contributed by atoms with van der Waals surface area (Å²) in [5.74, 6) is 0.577. The fourth-order valence-corrected chi connectivity index (χ4v) is 2.05. The highest BCUT2D eigenvalue weighted by Gasteiger charge is 2.37. The molecule has 4 nitrogen and oxygen atoms in total. The third-order valence-electron chi connectivity index (χ3n) is 3.02. The second-order valence-corrected chi connectivity index (χ2v) is 4.74. The van der Waals surface area contributed by atoms with Gasteiger partial charge in [-0.25, -0.2) is 0 Å². The Hall–Kier alpha value is -0.260. The van der Waals surface area contributed by atoms with Crippen LogP contribution in [0.1, 0.15) is 19.8 Å². The number of hydrogen-bond donors (Lipinski definition) is 2. The third-order valence-corrected chi connectivity index (χ3v) is 3.38. The Balaban J connectivity index is 2.00. The van der Waals surface area contributed by atoms with E-state index in [0.29, 0.717) is 25.7 Å². The summed E-state index contributed by atoms with van der Waals surface area (Å²) in [5.41, 5.74) is 0. The minimum absolute atomic E-state index is 0.140. The zero-order valence-corrected chi connectivity index (χ0v) is 9.87. The number of thiol groups is 1. The van der Waals surface area contributed by atoms with Crippen LogP contribution in [0.5, 0.6) is 0 Å². The molecule has 2 atom stereocenters. The smallest absolute Gasteiger partial charge is 0.226 e. The Bertz CT molecular complexity index is 246. The monoisotopic (exact) mass is 230 g/mol. The van der Waals surface area contributed by atoms with Gasteiger partial charge in [0.1, 0.15) is 0 Å². The summed E-state index contributed by atoms with van der Waals surface area (Å²) >= 11 is 4.05. The van der Waals surface area contributed by atoms with Gasteiger partial charge in [0.05, 0.1) is 25.3 Å². The summed E-state index contributed by atoms with van der Waals surface area (Å²) in [6, 6.07) is 0.325. The molecule has 15 heavy (non-hydrogen) atoms. The van der Waals surface area contributed by atoms with Crippen molar-refractivity contribution in [2.24, 2.45) is 5.92 Å². The zero-order valence-electron chi connectivity index (χ0n) is 8.98. The van der Waals surface area contributed by atoms with Crippen LogP contribution >= 0.6 is 12.8 Å². The molecule has 0 spiro atoms. The van der Waals surface area contributed by atoms with Crippen molar-refractivity contribution in [1.82, 2.24) is 9.62 Å². The first-order valence-electron chi connectivity index (χ1n) is 5.50. The molecule has 1 N–H and O–H groups in total. The van der Waals surface area contributed by atoms with Crippen molar-refractivity contribution in [1.29, 1.82) is 0 Å². The summed E-state index contributed by atoms with van der Waals surface area (Å²) in [7, 11) is 0. The average Bonchev–Trinajstić information content (AvgIpc) is 3.03. The van der Waals surface area contributed by atoms with E-state index in [1.807, 2.05) is 11.8 Å². The maximum absolute atomic E-state index is 12.0. The van der Waals surface area contributed by atoms with Gasteiger partial charge in [-0.2, -0.15) is 0 Å². The molecule has 1 saturated carbocycles. The predicted molar refractivity (Wildman–Crippen MR) is 60.6 cm³/mol. The highest BCUT2D eigenvalue weighted by atomic mass is 32.1. The van der Waals surface area contributed by atoms with Gasteiger partial charge in [0, 0.05) is 12.5 Å². The van der Waals surface area contributed by atoms with Gasteiger partial charge in [0.15, 0.2) is 0 Å². The molecule has 0 aromatic rings. The van der Waals surface area contributed by atoms with E-state index < -0.39 is 0 Å². The molecule has 1 aliphatic heterocycles. The number of ether oxygens (including phenoxy) is 1. The van der Waals surface area contributed by atoms with E-state index in [-0.39, 0.29) is 18.0 Å². The molecule has 1 heterocycles. The number of rotatable bonds is 2. The lowest BCUT2D eigenvalue weighted by atomic mass is 10.2. The average molecular weight is 230 g/mol. The van der Waals surface area contributed by atoms with Crippen LogP contribution in [0.15, 0.2) is 0 Å². The van der Waals surface area contributed by atoms with E-state index in [2.05, 4.69) is 17.5 Å². The lowest BCUT2D eigenvalue weighted by Crippen LogP contribution is -2.46. The van der Waals surface area contributed by atoms with Crippen molar-refractivity contribution in [3.8, 4) is 0 Å². The van der Waals surface area contributed by atoms with E-state index in [0.717, 1.165) is 12.8 Å². The third kappa shape index (κ3) is 2.65. The standard InChI is InChI=1S/C10H18N2O2S/c1-7-5-14-6-9(11-15)4-12(7)10(13)8-2-3-8/h7-9,11,15H,2-6H2,1H3/t7-,9?/m0/s1. The quantitative estimate of drug-likeness (QED) is 0.677. The number of amides is 1. The summed E-state index contributed by atoms with van der Waals surface area (Å²) in [4.78, 5) is 13.9. The number of hydrogen-bond acceptors (Lipinski definition) is 4. The van der Waals surface area contributed by atoms with Gasteiger partial charge >= 0.3 is 0 Å². The van der Waals surface area contributed by atoms with Crippen molar-refractivity contribution in [3.63, 3.8) is 0 Å². The van der Waals surface area contributed by atoms with E-state index in [1.165, 1.54) is 0 Å². The Morgan fingerprint density at radius 2 is 2.20 bits per heavy atom. The molecule has 5 heteroatoms. The maximum atomic E-state index is 12.0. The van der Waals surface area contributed by atoms with Crippen LogP contribution in [0.3, 0.4) is 0 Å². The largest absolute Gasteiger partial charge is 0.378 e. The molecule has 1 unspecified atom stereocenters. The molecule has 0 bridgehead atoms. The van der Waals surface area contributed by atoms with Gasteiger partial charge in [0.2, 0.25) is 5.91 Å². The fourth-order valence-electron chi connectivity index (χ4n) is 1.89. The molecule has 1 amide bonds. The van der Waals surface area contributed by atoms with Gasteiger partial charge in [0.25, 0.3) is 0 Å². The van der Waals surface area contributed by atoms with Gasteiger partial charge in [-0.1, -0.05) is 12.8 Å². The Morgan fingerprint density at radius 3 is 2.80 bits per heavy atom. The van der Waals surface area contributed by atoms with Crippen LogP contribution in [0.2, 0.25) is 0 Å². The van der Waals surface area contributed by atoms with Gasteiger partial charge in [-0.15, -0.1) is 0 Å². The number of nitrogens with zero attached hydrogens (tertiary/aromatic N) is 1. The summed E-state index contributed by atoms with van der Waals surface area (Å²) < 4.78 is 8.37. The van der Waals surface area contributed by atoms with Gasteiger partial charge in [-0.3, -0.25) is 9.52 Å². The van der Waals surface area contributed by atoms with E-state index in [4.69, 9.17) is 4.74 Å². The summed E-state index contributed by atoms with van der Waals surface area (Å²) in [6.45, 7) is 4.01. The van der Waals surface area contributed by atoms with Crippen LogP contribution in [0.25, 0.3) is 0 Å². The molecular weight excluding hydrogens is 212 g/mol. The predicted octanol–water partition coefficient (Wildman–Crippen LogP) is 0.447. The Kier molecular flexibility index (Phi) is 3.53. The molecule has 0 radical (unpaired) electrons. The first kappa shape index (κ1) is 11.2. The van der Waals surface area contributed by atoms with Crippen molar-refractivity contribution in [3.05, 3.63) is 0 Å². The number of carbonyl (C=O) groups is 1. The topological polar surface area (TPSA) is 41.6 Å². The fraction of sp³-hybridized carbons (Fsp3) is 0.900. The number of nitrogens with one attached hydrogen (secondary N) is 1. The second-order valence-electron chi connectivity index (χ2n) is 4.48. The zero-order chi connectivity index (χ0) is 10.8. The normalized spacial score (nSPS) is 32.5. The lowest BCUT2D eigenvalue weighted by Gasteiger charge is -2.28. The first-order chi connectivity index (χ1) is 7.22. The highest BCUT2D eigenvalue weighted by molar-refractivity contribution is 7.78. The van der Waals surface area contributed by atoms with Gasteiger partial charge in [-0.05, 0) is 19.8 Å². The highest BCUT2D eigenvalue weighted by Crippen LogP contribution is 2.32. The molecule has 86 valence electrons. The lowest BCUT2D eigenvalue weighted by molar-refractivity contribution is -0.134. The molecule has 0 aromatic heterocycles. The molecule has 1 saturated heterocycles. The minimum atomic E-state index is 0.140. The van der Waals surface area contributed by atoms with Crippen molar-refractivity contribution >= 4 is 18.7 Å². The molecule has 0 aromatic carbocycles. The van der Waals surface area contributed by atoms with Crippen LogP contribution in [-0.4, -0.2) is 42.6 Å². The van der Waals surface area contributed by atoms with E-state index in [1.54, 1.807) is 0 Å². The van der Waals surface area contributed by atoms with Crippen molar-refractivity contribution in [2.45, 2.75) is 31.8 Å². The molecular formula is C10H18N2O2S. The van der Waals surface area contributed by atoms with Crippen LogP contribution in [-0.2, 0) is 9.53 Å². The SMILES string of the molecule is C[C@H]1COCC(NS)CN1C(=O)C1CC1. The number of carbonyl (C=O) groups excluding carboxylic acids is 1. The molecule has 2 aliphatic rings. The molecule has 1 aliphatic carbocycles. The first-order valence-corrected chi connectivity index (χ1v) is 5.95. The minimum Gasteiger partial charge on any atom is -0.378 e. The summed E-state index contributed by atoms with van der Waals surface area (Å²) in [5, 5.41) is 0. The molecule has 2 fully saturated rings. The summed E-state index contributed by atoms with van der Waals surface area (Å²) in [6.07, 6.45) is 2.11. The van der Waals surface area contributed by atoms with Crippen LogP contribution in [0.4, 0.5) is 0 Å². The molecule has 2 rings (SSSR count). The second kappa shape index (κ2) is 4.72. The van der Waals surface area contributed by atoms with E-state index in [9.17, 15) is 4.79 Å². The Labute approximate surface area is 95.9 Å². The van der Waals surface area contributed by atoms with Crippen molar-refractivity contribution < 1.29 is 9.53 Å². The van der Waals surface area contributed by atoms with Gasteiger partial charge < -0.3 is 9.64 Å². The maximum Gasteiger partial charge on any atom is 0.226 e. The van der Waals surface area contributed by atoms with Crippen LogP contribution < -0.4 is 4.72 Å². The van der Waals surface area contributed by atoms with E-state index >= 15 is 0 Å².